The molecule has 7 heteroatoms. The van der Waals surface area contributed by atoms with Crippen LogP contribution >= 0.6 is 0 Å². The van der Waals surface area contributed by atoms with Gasteiger partial charge in [0.1, 0.15) is 6.04 Å². The molecule has 3 aliphatic heterocycles. The van der Waals surface area contributed by atoms with Gasteiger partial charge in [-0.05, 0) is 62.4 Å². The summed E-state index contributed by atoms with van der Waals surface area (Å²) in [6.45, 7) is 3.25. The average Bonchev–Trinajstić information content (AvgIpc) is 3.31. The Balaban J connectivity index is 1.34. The van der Waals surface area contributed by atoms with Crippen molar-refractivity contribution in [1.82, 2.24) is 20.9 Å². The van der Waals surface area contributed by atoms with Crippen molar-refractivity contribution in [2.75, 3.05) is 13.1 Å². The topological polar surface area (TPSA) is 90.5 Å². The van der Waals surface area contributed by atoms with Crippen molar-refractivity contribution in [2.45, 2.75) is 63.7 Å². The number of carbonyl (C=O) groups is 3. The Bertz CT molecular complexity index is 773. The monoisotopic (exact) mass is 384 g/mol. The van der Waals surface area contributed by atoms with Gasteiger partial charge < -0.3 is 15.5 Å². The van der Waals surface area contributed by atoms with Crippen molar-refractivity contribution in [2.24, 2.45) is 0 Å². The number of nitrogens with zero attached hydrogens (tertiary/aromatic N) is 1. The smallest absolute Gasteiger partial charge is 0.255 e. The Kier molecular flexibility index (Phi) is 5.73. The van der Waals surface area contributed by atoms with Gasteiger partial charge in [0.05, 0.1) is 0 Å². The number of amides is 3. The zero-order valence-corrected chi connectivity index (χ0v) is 16.1. The minimum absolute atomic E-state index is 0.112. The lowest BCUT2D eigenvalue weighted by Crippen LogP contribution is -2.52. The second-order valence-corrected chi connectivity index (χ2v) is 7.96. The van der Waals surface area contributed by atoms with Gasteiger partial charge in [-0.25, -0.2) is 0 Å². The summed E-state index contributed by atoms with van der Waals surface area (Å²) >= 11 is 0. The Morgan fingerprint density at radius 2 is 2.07 bits per heavy atom. The average molecular weight is 384 g/mol. The van der Waals surface area contributed by atoms with E-state index in [-0.39, 0.29) is 24.1 Å². The summed E-state index contributed by atoms with van der Waals surface area (Å²) in [5.74, 6) is -0.737. The maximum atomic E-state index is 12.8. The Labute approximate surface area is 165 Å². The molecule has 28 heavy (non-hydrogen) atoms. The highest BCUT2D eigenvalue weighted by molar-refractivity contribution is 6.05. The first kappa shape index (κ1) is 19.1. The predicted molar refractivity (Wildman–Crippen MR) is 104 cm³/mol. The van der Waals surface area contributed by atoms with E-state index in [1.807, 2.05) is 18.2 Å². The molecule has 150 valence electrons. The molecule has 1 aromatic rings. The van der Waals surface area contributed by atoms with E-state index in [4.69, 9.17) is 0 Å². The Hall–Kier alpha value is -2.25. The lowest BCUT2D eigenvalue weighted by molar-refractivity contribution is -0.136. The zero-order valence-electron chi connectivity index (χ0n) is 16.1. The summed E-state index contributed by atoms with van der Waals surface area (Å²) in [7, 11) is 0. The summed E-state index contributed by atoms with van der Waals surface area (Å²) in [5.41, 5.74) is 2.79. The molecule has 3 amide bonds. The van der Waals surface area contributed by atoms with Crippen LogP contribution in [0.15, 0.2) is 18.2 Å². The van der Waals surface area contributed by atoms with E-state index in [0.29, 0.717) is 24.6 Å². The first-order valence-corrected chi connectivity index (χ1v) is 10.3. The lowest BCUT2D eigenvalue weighted by atomic mass is 10.0. The first-order chi connectivity index (χ1) is 13.6. The second kappa shape index (κ2) is 8.41. The van der Waals surface area contributed by atoms with Gasteiger partial charge in [-0.1, -0.05) is 12.1 Å². The Morgan fingerprint density at radius 3 is 2.86 bits per heavy atom. The Morgan fingerprint density at radius 1 is 1.18 bits per heavy atom. The summed E-state index contributed by atoms with van der Waals surface area (Å²) in [4.78, 5) is 38.0. The van der Waals surface area contributed by atoms with Crippen LogP contribution in [0.1, 0.15) is 60.0 Å². The number of benzene rings is 1. The number of fused-ring (bicyclic) bond motifs is 1. The van der Waals surface area contributed by atoms with Crippen LogP contribution in [0.5, 0.6) is 0 Å². The van der Waals surface area contributed by atoms with Crippen LogP contribution in [-0.4, -0.2) is 47.8 Å². The van der Waals surface area contributed by atoms with E-state index in [9.17, 15) is 14.4 Å². The van der Waals surface area contributed by atoms with Gasteiger partial charge in [-0.15, -0.1) is 0 Å². The number of hydrogen-bond acceptors (Lipinski definition) is 5. The van der Waals surface area contributed by atoms with Crippen molar-refractivity contribution in [1.29, 1.82) is 0 Å². The third-order valence-electron chi connectivity index (χ3n) is 6.06. The fourth-order valence-corrected chi connectivity index (χ4v) is 4.52. The normalized spacial score (nSPS) is 24.6. The lowest BCUT2D eigenvalue weighted by Gasteiger charge is -2.29. The number of hydrogen-bond donors (Lipinski definition) is 3. The third kappa shape index (κ3) is 3.95. The standard InChI is InChI=1S/C21H28N4O3/c26-19-9-8-18(20(27)24-19)25-13-17-14(4-1-7-16(17)21(25)28)12-22-10-2-5-15-6-3-11-23-15/h1,4,7,15,18,22-23H,2-3,5-6,8-13H2,(H,24,26,27). The molecule has 0 bridgehead atoms. The number of imide groups is 1. The highest BCUT2D eigenvalue weighted by atomic mass is 16.2. The molecule has 0 aliphatic carbocycles. The van der Waals surface area contributed by atoms with Crippen LogP contribution < -0.4 is 16.0 Å². The van der Waals surface area contributed by atoms with E-state index >= 15 is 0 Å². The molecule has 0 aromatic heterocycles. The molecule has 3 N–H and O–H groups in total. The van der Waals surface area contributed by atoms with Gasteiger partial charge in [0, 0.05) is 31.1 Å². The van der Waals surface area contributed by atoms with Crippen molar-refractivity contribution in [3.63, 3.8) is 0 Å². The minimum Gasteiger partial charge on any atom is -0.322 e. The van der Waals surface area contributed by atoms with E-state index in [1.54, 1.807) is 4.90 Å². The van der Waals surface area contributed by atoms with Gasteiger partial charge in [0.15, 0.2) is 0 Å². The summed E-state index contributed by atoms with van der Waals surface area (Å²) in [5, 5.41) is 9.37. The largest absolute Gasteiger partial charge is 0.322 e. The molecular formula is C21H28N4O3. The van der Waals surface area contributed by atoms with Crippen molar-refractivity contribution >= 4 is 17.7 Å². The fraction of sp³-hybridized carbons (Fsp3) is 0.571. The van der Waals surface area contributed by atoms with Crippen molar-refractivity contribution < 1.29 is 14.4 Å². The number of rotatable bonds is 7. The molecular weight excluding hydrogens is 356 g/mol. The van der Waals surface area contributed by atoms with Gasteiger partial charge in [0.2, 0.25) is 11.8 Å². The summed E-state index contributed by atoms with van der Waals surface area (Å²) in [6.07, 6.45) is 5.57. The van der Waals surface area contributed by atoms with E-state index in [1.165, 1.54) is 19.3 Å². The second-order valence-electron chi connectivity index (χ2n) is 7.96. The molecule has 0 spiro atoms. The molecule has 0 saturated carbocycles. The SMILES string of the molecule is O=C1CCC(N2Cc3c(CNCCCC4CCCN4)cccc3C2=O)C(=O)N1. The predicted octanol–water partition coefficient (Wildman–Crippen LogP) is 1.07. The number of piperidine rings is 1. The first-order valence-electron chi connectivity index (χ1n) is 10.3. The van der Waals surface area contributed by atoms with Crippen LogP contribution in [0.4, 0.5) is 0 Å². The third-order valence-corrected chi connectivity index (χ3v) is 6.06. The van der Waals surface area contributed by atoms with Crippen LogP contribution in [0, 0.1) is 0 Å². The van der Waals surface area contributed by atoms with E-state index in [0.717, 1.165) is 37.2 Å². The van der Waals surface area contributed by atoms with Crippen LogP contribution in [0.25, 0.3) is 0 Å². The minimum atomic E-state index is -0.558. The maximum absolute atomic E-state index is 12.8. The molecule has 2 saturated heterocycles. The van der Waals surface area contributed by atoms with Crippen molar-refractivity contribution in [3.8, 4) is 0 Å². The highest BCUT2D eigenvalue weighted by Crippen LogP contribution is 2.29. The van der Waals surface area contributed by atoms with Crippen molar-refractivity contribution in [3.05, 3.63) is 34.9 Å². The van der Waals surface area contributed by atoms with Crippen LogP contribution in [0.2, 0.25) is 0 Å². The molecule has 0 radical (unpaired) electrons. The molecule has 3 aliphatic rings. The van der Waals surface area contributed by atoms with Gasteiger partial charge >= 0.3 is 0 Å². The molecule has 3 heterocycles. The molecule has 2 fully saturated rings. The number of carbonyl (C=O) groups excluding carboxylic acids is 3. The quantitative estimate of drug-likeness (QED) is 0.483. The van der Waals surface area contributed by atoms with E-state index < -0.39 is 6.04 Å². The summed E-state index contributed by atoms with van der Waals surface area (Å²) in [6, 6.07) is 5.90. The van der Waals surface area contributed by atoms with E-state index in [2.05, 4.69) is 16.0 Å². The molecule has 2 atom stereocenters. The van der Waals surface area contributed by atoms with Crippen LogP contribution in [-0.2, 0) is 22.7 Å². The number of nitrogens with one attached hydrogen (secondary N) is 3. The molecule has 7 nitrogen and oxygen atoms in total. The van der Waals surface area contributed by atoms with Gasteiger partial charge in [-0.3, -0.25) is 19.7 Å². The molecule has 1 aromatic carbocycles. The maximum Gasteiger partial charge on any atom is 0.255 e. The van der Waals surface area contributed by atoms with Gasteiger partial charge in [0.25, 0.3) is 5.91 Å². The summed E-state index contributed by atoms with van der Waals surface area (Å²) < 4.78 is 0. The fourth-order valence-electron chi connectivity index (χ4n) is 4.52. The highest BCUT2D eigenvalue weighted by Gasteiger charge is 2.39. The van der Waals surface area contributed by atoms with Crippen LogP contribution in [0.3, 0.4) is 0 Å². The zero-order chi connectivity index (χ0) is 19.5. The molecule has 2 unspecified atom stereocenters. The molecule has 4 rings (SSSR count). The van der Waals surface area contributed by atoms with Gasteiger partial charge in [-0.2, -0.15) is 0 Å².